The van der Waals surface area contributed by atoms with Gasteiger partial charge in [-0.1, -0.05) is 47.0 Å². The number of hydrogen-bond donors (Lipinski definition) is 1. The fraction of sp³-hybridized carbons (Fsp3) is 0.457. The van der Waals surface area contributed by atoms with E-state index in [9.17, 15) is 19.5 Å². The van der Waals surface area contributed by atoms with E-state index in [1.807, 2.05) is 59.2 Å². The normalized spacial score (nSPS) is 24.1. The van der Waals surface area contributed by atoms with Gasteiger partial charge < -0.3 is 24.5 Å². The molecule has 1 aliphatic carbocycles. The zero-order valence-electron chi connectivity index (χ0n) is 25.9. The van der Waals surface area contributed by atoms with Gasteiger partial charge in [0.2, 0.25) is 5.91 Å². The first-order valence-corrected chi connectivity index (χ1v) is 17.0. The highest BCUT2D eigenvalue weighted by molar-refractivity contribution is 9.10. The van der Waals surface area contributed by atoms with Gasteiger partial charge in [-0.25, -0.2) is 0 Å². The molecule has 7 rings (SSSR count). The number of aryl methyl sites for hydroxylation is 1. The Kier molecular flexibility index (Phi) is 8.44. The quantitative estimate of drug-likeness (QED) is 0.362. The van der Waals surface area contributed by atoms with Crippen LogP contribution in [0.2, 0.25) is 0 Å². The summed E-state index contributed by atoms with van der Waals surface area (Å²) in [7, 11) is 0. The maximum absolute atomic E-state index is 14.4. The second-order valence-corrected chi connectivity index (χ2v) is 13.8. The number of aliphatic carboxylic acids is 1. The minimum atomic E-state index is -0.909. The van der Waals surface area contributed by atoms with Gasteiger partial charge in [-0.3, -0.25) is 14.4 Å². The predicted octanol–water partition coefficient (Wildman–Crippen LogP) is 5.18. The molecule has 240 valence electrons. The number of aromatic nitrogens is 2. The minimum absolute atomic E-state index is 0.0561. The zero-order valence-corrected chi connectivity index (χ0v) is 27.5. The topological polar surface area (TPSA) is 116 Å². The Morgan fingerprint density at radius 2 is 1.87 bits per heavy atom. The Bertz CT molecular complexity index is 1680. The number of carbonyl (C=O) groups is 3. The highest BCUT2D eigenvalue weighted by atomic mass is 79.9. The zero-order chi connectivity index (χ0) is 31.9. The summed E-state index contributed by atoms with van der Waals surface area (Å²) in [5, 5.41) is 18.5. The number of halogens is 1. The highest BCUT2D eigenvalue weighted by Crippen LogP contribution is 2.44. The van der Waals surface area contributed by atoms with Crippen LogP contribution in [0.3, 0.4) is 0 Å². The van der Waals surface area contributed by atoms with Gasteiger partial charge in [-0.05, 0) is 67.1 Å². The first kappa shape index (κ1) is 30.7. The number of carboxylic acid groups (broad SMARTS) is 1. The summed E-state index contributed by atoms with van der Waals surface area (Å²) in [5.74, 6) is -0.863. The molecule has 0 bridgehead atoms. The lowest BCUT2D eigenvalue weighted by Gasteiger charge is -2.43. The first-order chi connectivity index (χ1) is 22.3. The van der Waals surface area contributed by atoms with Crippen molar-refractivity contribution in [3.05, 3.63) is 81.0 Å². The molecule has 3 aliphatic heterocycles. The molecule has 2 aromatic carbocycles. The summed E-state index contributed by atoms with van der Waals surface area (Å²) in [6.45, 7) is 4.63. The Balaban J connectivity index is 1.23. The van der Waals surface area contributed by atoms with Crippen molar-refractivity contribution in [1.29, 1.82) is 0 Å². The number of hydrogen-bond acceptors (Lipinski definition) is 7. The van der Waals surface area contributed by atoms with E-state index in [-0.39, 0.29) is 17.9 Å². The van der Waals surface area contributed by atoms with Crippen molar-refractivity contribution in [3.8, 4) is 5.75 Å². The molecule has 4 atom stereocenters. The van der Waals surface area contributed by atoms with Crippen LogP contribution in [-0.4, -0.2) is 75.2 Å². The number of fused-ring (bicyclic) bond motifs is 2. The van der Waals surface area contributed by atoms with Gasteiger partial charge in [-0.15, -0.1) is 5.10 Å². The lowest BCUT2D eigenvalue weighted by molar-refractivity contribution is -0.153. The van der Waals surface area contributed by atoms with Crippen molar-refractivity contribution in [2.75, 3.05) is 31.1 Å². The molecule has 1 N–H and O–H groups in total. The molecule has 2 fully saturated rings. The number of carboxylic acids is 1. The summed E-state index contributed by atoms with van der Waals surface area (Å²) in [6.07, 6.45) is 5.74. The third kappa shape index (κ3) is 5.74. The molecule has 4 aliphatic rings. The van der Waals surface area contributed by atoms with Crippen molar-refractivity contribution in [3.63, 3.8) is 0 Å². The molecule has 46 heavy (non-hydrogen) atoms. The molecule has 11 heteroatoms. The highest BCUT2D eigenvalue weighted by Gasteiger charge is 2.44. The standard InChI is InChI=1S/C35H38BrN5O5/c1-21-16-31(38-37-17-21)39-14-12-23(19-39)46-30-11-10-28(36)27-13-15-41(34(43)25-8-4-5-9-26(25)35(44)45)29(32(27)30)20-40-18-22-6-2-3-7-24(22)33(40)42/h2-3,6-7,10-11,16-17,23,25-26,29H,4-5,8-9,12-15,18-20H2,1H3,(H,44,45)/t23-,25?,26?,29+/m0/s1. The van der Waals surface area contributed by atoms with E-state index < -0.39 is 23.8 Å². The molecule has 3 aromatic rings. The van der Waals surface area contributed by atoms with Crippen LogP contribution in [-0.2, 0) is 22.6 Å². The van der Waals surface area contributed by atoms with Crippen LogP contribution in [0.15, 0.2) is 53.1 Å². The van der Waals surface area contributed by atoms with Crippen LogP contribution < -0.4 is 9.64 Å². The van der Waals surface area contributed by atoms with Crippen LogP contribution in [0, 0.1) is 18.8 Å². The monoisotopic (exact) mass is 687 g/mol. The van der Waals surface area contributed by atoms with Gasteiger partial charge >= 0.3 is 5.97 Å². The van der Waals surface area contributed by atoms with E-state index in [0.717, 1.165) is 58.4 Å². The molecule has 2 unspecified atom stereocenters. The van der Waals surface area contributed by atoms with E-state index in [2.05, 4.69) is 31.0 Å². The van der Waals surface area contributed by atoms with Crippen molar-refractivity contribution in [2.45, 2.75) is 64.1 Å². The third-order valence-corrected chi connectivity index (χ3v) is 10.8. The van der Waals surface area contributed by atoms with E-state index >= 15 is 0 Å². The number of anilines is 1. The molecule has 1 saturated heterocycles. The molecule has 1 saturated carbocycles. The van der Waals surface area contributed by atoms with Gasteiger partial charge in [-0.2, -0.15) is 5.10 Å². The number of carbonyl (C=O) groups excluding carboxylic acids is 2. The minimum Gasteiger partial charge on any atom is -0.488 e. The van der Waals surface area contributed by atoms with Crippen LogP contribution in [0.4, 0.5) is 5.82 Å². The van der Waals surface area contributed by atoms with Crippen LogP contribution in [0.1, 0.15) is 70.8 Å². The Morgan fingerprint density at radius 3 is 2.65 bits per heavy atom. The van der Waals surface area contributed by atoms with Crippen LogP contribution in [0.5, 0.6) is 5.75 Å². The van der Waals surface area contributed by atoms with Crippen LogP contribution >= 0.6 is 15.9 Å². The lowest BCUT2D eigenvalue weighted by atomic mass is 9.77. The average Bonchev–Trinajstić information content (AvgIpc) is 3.66. The summed E-state index contributed by atoms with van der Waals surface area (Å²) in [4.78, 5) is 46.1. The molecule has 0 radical (unpaired) electrons. The number of ether oxygens (including phenoxy) is 1. The molecule has 10 nitrogen and oxygen atoms in total. The second kappa shape index (κ2) is 12.7. The maximum Gasteiger partial charge on any atom is 0.307 e. The van der Waals surface area contributed by atoms with Crippen molar-refractivity contribution < 1.29 is 24.2 Å². The van der Waals surface area contributed by atoms with Gasteiger partial charge in [0.25, 0.3) is 5.91 Å². The number of rotatable bonds is 7. The van der Waals surface area contributed by atoms with E-state index in [0.29, 0.717) is 56.8 Å². The lowest BCUT2D eigenvalue weighted by Crippen LogP contribution is -2.50. The Hall–Kier alpha value is -3.99. The fourth-order valence-corrected chi connectivity index (χ4v) is 8.30. The SMILES string of the molecule is Cc1cnnc(N2CC[C@H](Oc3ccc(Br)c4c3[C@@H](CN3Cc5ccccc5C3=O)N(C(=O)C3CCCCC3C(=O)O)CC4)C2)c1. The maximum atomic E-state index is 14.4. The first-order valence-electron chi connectivity index (χ1n) is 16.2. The smallest absolute Gasteiger partial charge is 0.307 e. The van der Waals surface area contributed by atoms with E-state index in [1.54, 1.807) is 6.20 Å². The number of nitrogens with zero attached hydrogens (tertiary/aromatic N) is 5. The van der Waals surface area contributed by atoms with Gasteiger partial charge in [0.05, 0.1) is 30.6 Å². The number of amides is 2. The molecular weight excluding hydrogens is 650 g/mol. The Labute approximate surface area is 276 Å². The molecule has 2 amide bonds. The molecule has 1 aromatic heterocycles. The summed E-state index contributed by atoms with van der Waals surface area (Å²) < 4.78 is 7.72. The predicted molar refractivity (Wildman–Crippen MR) is 175 cm³/mol. The van der Waals surface area contributed by atoms with Crippen molar-refractivity contribution in [1.82, 2.24) is 20.0 Å². The van der Waals surface area contributed by atoms with Gasteiger partial charge in [0, 0.05) is 48.2 Å². The fourth-order valence-electron chi connectivity index (χ4n) is 7.76. The summed E-state index contributed by atoms with van der Waals surface area (Å²) in [5.41, 5.74) is 4.66. The van der Waals surface area contributed by atoms with Crippen molar-refractivity contribution in [2.24, 2.45) is 11.8 Å². The Morgan fingerprint density at radius 1 is 1.07 bits per heavy atom. The molecule has 4 heterocycles. The largest absolute Gasteiger partial charge is 0.488 e. The van der Waals surface area contributed by atoms with Crippen molar-refractivity contribution >= 4 is 39.5 Å². The van der Waals surface area contributed by atoms with E-state index in [1.165, 1.54) is 0 Å². The van der Waals surface area contributed by atoms with Crippen LogP contribution in [0.25, 0.3) is 0 Å². The number of benzene rings is 2. The van der Waals surface area contributed by atoms with Gasteiger partial charge in [0.1, 0.15) is 11.9 Å². The second-order valence-electron chi connectivity index (χ2n) is 13.0. The molecular formula is C35H38BrN5O5. The summed E-state index contributed by atoms with van der Waals surface area (Å²) in [6, 6.07) is 13.1. The van der Waals surface area contributed by atoms with E-state index in [4.69, 9.17) is 4.74 Å². The van der Waals surface area contributed by atoms with Gasteiger partial charge in [0.15, 0.2) is 5.82 Å². The molecule has 0 spiro atoms. The third-order valence-electron chi connectivity index (χ3n) is 10.1. The average molecular weight is 689 g/mol. The summed E-state index contributed by atoms with van der Waals surface area (Å²) >= 11 is 3.77.